The Hall–Kier alpha value is -0.0400. The van der Waals surface area contributed by atoms with Gasteiger partial charge in [0.2, 0.25) is 0 Å². The highest BCUT2D eigenvalue weighted by atomic mass is 16.5. The van der Waals surface area contributed by atoms with E-state index in [0.29, 0.717) is 0 Å². The van der Waals surface area contributed by atoms with E-state index >= 15 is 0 Å². The molecule has 0 atom stereocenters. The van der Waals surface area contributed by atoms with Crippen molar-refractivity contribution in [3.8, 4) is 0 Å². The molecule has 120 valence electrons. The summed E-state index contributed by atoms with van der Waals surface area (Å²) in [5, 5.41) is 0. The molecule has 1 aliphatic rings. The van der Waals surface area contributed by atoms with E-state index in [0.717, 1.165) is 13.2 Å². The molecular formula is C19H38O. The smallest absolute Gasteiger partial charge is 0.0466 e. The highest BCUT2D eigenvalue weighted by molar-refractivity contribution is 4.51. The molecule has 0 radical (unpaired) electrons. The molecule has 1 heterocycles. The first kappa shape index (κ1) is 18.0. The van der Waals surface area contributed by atoms with Gasteiger partial charge in [-0.1, -0.05) is 96.3 Å². The Balaban J connectivity index is 2.00. The van der Waals surface area contributed by atoms with Gasteiger partial charge in [-0.15, -0.1) is 0 Å². The predicted molar refractivity (Wildman–Crippen MR) is 89.3 cm³/mol. The minimum absolute atomic E-state index is 1.00. The number of rotatable bonds is 0. The zero-order valence-electron chi connectivity index (χ0n) is 13.8. The fourth-order valence-electron chi connectivity index (χ4n) is 3.16. The monoisotopic (exact) mass is 282 g/mol. The van der Waals surface area contributed by atoms with Crippen molar-refractivity contribution in [2.75, 3.05) is 13.2 Å². The van der Waals surface area contributed by atoms with Gasteiger partial charge in [-0.3, -0.25) is 0 Å². The fourth-order valence-corrected chi connectivity index (χ4v) is 3.16. The van der Waals surface area contributed by atoms with Gasteiger partial charge in [0.25, 0.3) is 0 Å². The second-order valence-electron chi connectivity index (χ2n) is 6.62. The van der Waals surface area contributed by atoms with Crippen LogP contribution in [0, 0.1) is 0 Å². The van der Waals surface area contributed by atoms with Crippen LogP contribution in [0.1, 0.15) is 109 Å². The van der Waals surface area contributed by atoms with Crippen LogP contribution in [-0.4, -0.2) is 13.2 Å². The summed E-state index contributed by atoms with van der Waals surface area (Å²) in [5.74, 6) is 0. The summed E-state index contributed by atoms with van der Waals surface area (Å²) < 4.78 is 5.72. The summed E-state index contributed by atoms with van der Waals surface area (Å²) in [6.45, 7) is 2.00. The van der Waals surface area contributed by atoms with Gasteiger partial charge in [0.15, 0.2) is 0 Å². The molecule has 0 bridgehead atoms. The Morgan fingerprint density at radius 1 is 0.250 bits per heavy atom. The second-order valence-corrected chi connectivity index (χ2v) is 6.62. The standard InChI is InChI=1S/C19H38O/c1-2-4-6-8-10-12-14-16-18-20-19-17-15-13-11-9-7-5-3-1/h1-19H2. The van der Waals surface area contributed by atoms with E-state index in [1.165, 1.54) is 109 Å². The van der Waals surface area contributed by atoms with Crippen molar-refractivity contribution in [1.29, 1.82) is 0 Å². The third-order valence-corrected chi connectivity index (χ3v) is 4.58. The highest BCUT2D eigenvalue weighted by Gasteiger charge is 1.96. The molecule has 0 aromatic rings. The van der Waals surface area contributed by atoms with Gasteiger partial charge in [-0.25, -0.2) is 0 Å². The molecule has 0 aromatic carbocycles. The van der Waals surface area contributed by atoms with Crippen molar-refractivity contribution in [2.24, 2.45) is 0 Å². The van der Waals surface area contributed by atoms with Gasteiger partial charge in [-0.05, 0) is 12.8 Å². The van der Waals surface area contributed by atoms with Crippen LogP contribution in [-0.2, 0) is 4.74 Å². The maximum Gasteiger partial charge on any atom is 0.0466 e. The van der Waals surface area contributed by atoms with Crippen molar-refractivity contribution in [3.05, 3.63) is 0 Å². The summed E-state index contributed by atoms with van der Waals surface area (Å²) in [4.78, 5) is 0. The summed E-state index contributed by atoms with van der Waals surface area (Å²) in [5.41, 5.74) is 0. The molecule has 0 aromatic heterocycles. The van der Waals surface area contributed by atoms with Crippen LogP contribution in [0.4, 0.5) is 0 Å². The Kier molecular flexibility index (Phi) is 13.8. The zero-order valence-corrected chi connectivity index (χ0v) is 13.8. The largest absolute Gasteiger partial charge is 0.381 e. The molecule has 1 rings (SSSR count). The Morgan fingerprint density at radius 3 is 0.700 bits per heavy atom. The second kappa shape index (κ2) is 15.4. The van der Waals surface area contributed by atoms with Gasteiger partial charge < -0.3 is 4.74 Å². The minimum atomic E-state index is 1.00. The maximum atomic E-state index is 5.72. The van der Waals surface area contributed by atoms with E-state index in [2.05, 4.69) is 0 Å². The normalized spacial score (nSPS) is 24.0. The van der Waals surface area contributed by atoms with Crippen molar-refractivity contribution >= 4 is 0 Å². The van der Waals surface area contributed by atoms with Crippen LogP contribution in [0.25, 0.3) is 0 Å². The summed E-state index contributed by atoms with van der Waals surface area (Å²) in [6, 6.07) is 0. The molecule has 1 fully saturated rings. The Morgan fingerprint density at radius 2 is 0.450 bits per heavy atom. The van der Waals surface area contributed by atoms with Crippen LogP contribution in [0.2, 0.25) is 0 Å². The van der Waals surface area contributed by atoms with Gasteiger partial charge in [0.05, 0.1) is 0 Å². The lowest BCUT2D eigenvalue weighted by molar-refractivity contribution is 0.125. The minimum Gasteiger partial charge on any atom is -0.381 e. The van der Waals surface area contributed by atoms with Gasteiger partial charge in [0.1, 0.15) is 0 Å². The lowest BCUT2D eigenvalue weighted by Crippen LogP contribution is -1.97. The third-order valence-electron chi connectivity index (χ3n) is 4.58. The van der Waals surface area contributed by atoms with Crippen molar-refractivity contribution < 1.29 is 4.74 Å². The lowest BCUT2D eigenvalue weighted by atomic mass is 10.0. The Labute approximate surface area is 127 Å². The average Bonchev–Trinajstić information content (AvgIpc) is 2.46. The topological polar surface area (TPSA) is 9.23 Å². The van der Waals surface area contributed by atoms with E-state index in [1.807, 2.05) is 0 Å². The molecule has 1 saturated heterocycles. The van der Waals surface area contributed by atoms with E-state index in [-0.39, 0.29) is 0 Å². The van der Waals surface area contributed by atoms with Crippen LogP contribution in [0.3, 0.4) is 0 Å². The van der Waals surface area contributed by atoms with Crippen LogP contribution >= 0.6 is 0 Å². The quantitative estimate of drug-likeness (QED) is 0.483. The van der Waals surface area contributed by atoms with Crippen molar-refractivity contribution in [2.45, 2.75) is 109 Å². The molecule has 20 heavy (non-hydrogen) atoms. The average molecular weight is 283 g/mol. The molecule has 0 saturated carbocycles. The van der Waals surface area contributed by atoms with Crippen molar-refractivity contribution in [3.63, 3.8) is 0 Å². The highest BCUT2D eigenvalue weighted by Crippen LogP contribution is 2.14. The molecule has 1 heteroatoms. The summed E-state index contributed by atoms with van der Waals surface area (Å²) in [6.07, 6.45) is 24.3. The number of ether oxygens (including phenoxy) is 1. The molecule has 1 aliphatic heterocycles. The van der Waals surface area contributed by atoms with Crippen LogP contribution in [0.5, 0.6) is 0 Å². The fraction of sp³-hybridized carbons (Fsp3) is 1.00. The predicted octanol–water partition coefficient (Wildman–Crippen LogP) is 6.65. The summed E-state index contributed by atoms with van der Waals surface area (Å²) >= 11 is 0. The molecule has 0 N–H and O–H groups in total. The van der Waals surface area contributed by atoms with E-state index in [1.54, 1.807) is 0 Å². The van der Waals surface area contributed by atoms with Crippen LogP contribution < -0.4 is 0 Å². The molecule has 1 nitrogen and oxygen atoms in total. The van der Waals surface area contributed by atoms with Gasteiger partial charge in [-0.2, -0.15) is 0 Å². The van der Waals surface area contributed by atoms with Crippen LogP contribution in [0.15, 0.2) is 0 Å². The number of hydrogen-bond donors (Lipinski definition) is 0. The molecule has 0 amide bonds. The third kappa shape index (κ3) is 13.0. The van der Waals surface area contributed by atoms with E-state index in [4.69, 9.17) is 4.74 Å². The Bertz CT molecular complexity index is 92.2. The van der Waals surface area contributed by atoms with E-state index < -0.39 is 0 Å². The SMILES string of the molecule is C1CCCCCCCCCOCCCCCCCCC1. The van der Waals surface area contributed by atoms with Gasteiger partial charge in [0, 0.05) is 13.2 Å². The molecule has 0 spiro atoms. The first-order valence-electron chi connectivity index (χ1n) is 9.58. The molecule has 0 unspecified atom stereocenters. The van der Waals surface area contributed by atoms with Gasteiger partial charge >= 0.3 is 0 Å². The lowest BCUT2D eigenvalue weighted by Gasteiger charge is -2.06. The maximum absolute atomic E-state index is 5.72. The van der Waals surface area contributed by atoms with E-state index in [9.17, 15) is 0 Å². The first-order valence-corrected chi connectivity index (χ1v) is 9.58. The zero-order chi connectivity index (χ0) is 14.1. The molecule has 0 aliphatic carbocycles. The first-order chi connectivity index (χ1) is 10.0. The van der Waals surface area contributed by atoms with Crippen molar-refractivity contribution in [1.82, 2.24) is 0 Å². The number of hydrogen-bond acceptors (Lipinski definition) is 1. The molecular weight excluding hydrogens is 244 g/mol. The summed E-state index contributed by atoms with van der Waals surface area (Å²) in [7, 11) is 0.